The van der Waals surface area contributed by atoms with E-state index < -0.39 is 0 Å². The Hall–Kier alpha value is -3.80. The fourth-order valence-corrected chi connectivity index (χ4v) is 3.90. The summed E-state index contributed by atoms with van der Waals surface area (Å²) >= 11 is 0. The quantitative estimate of drug-likeness (QED) is 0.398. The van der Waals surface area contributed by atoms with Crippen molar-refractivity contribution in [2.75, 3.05) is 46.6 Å². The normalized spacial score (nSPS) is 10.5. The number of hydrogen-bond donors (Lipinski definition) is 2. The Morgan fingerprint density at radius 1 is 0.588 bits per heavy atom. The van der Waals surface area contributed by atoms with Crippen LogP contribution in [-0.2, 0) is 0 Å². The number of carbonyl (C=O) groups is 2. The van der Waals surface area contributed by atoms with Crippen LogP contribution in [0.4, 0.5) is 22.7 Å². The predicted octanol–water partition coefficient (Wildman–Crippen LogP) is 5.88. The molecule has 0 radical (unpaired) electrons. The highest BCUT2D eigenvalue weighted by Crippen LogP contribution is 2.20. The molecular formula is C28H34N4O2. The second-order valence-corrected chi connectivity index (χ2v) is 7.93. The zero-order valence-electron chi connectivity index (χ0n) is 20.5. The fraction of sp³-hybridized carbons (Fsp3) is 0.286. The van der Waals surface area contributed by atoms with Gasteiger partial charge in [0.05, 0.1) is 0 Å². The molecule has 3 aromatic rings. The molecule has 0 bridgehead atoms. The van der Waals surface area contributed by atoms with Crippen LogP contribution in [0.2, 0.25) is 0 Å². The van der Waals surface area contributed by atoms with Gasteiger partial charge in [0.25, 0.3) is 11.8 Å². The lowest BCUT2D eigenvalue weighted by molar-refractivity contribution is 0.102. The monoisotopic (exact) mass is 458 g/mol. The smallest absolute Gasteiger partial charge is 0.255 e. The van der Waals surface area contributed by atoms with E-state index in [4.69, 9.17) is 0 Å². The van der Waals surface area contributed by atoms with Crippen molar-refractivity contribution in [3.8, 4) is 0 Å². The highest BCUT2D eigenvalue weighted by molar-refractivity contribution is 6.08. The van der Waals surface area contributed by atoms with Gasteiger partial charge in [-0.25, -0.2) is 0 Å². The molecular weight excluding hydrogens is 424 g/mol. The minimum atomic E-state index is -0.256. The summed E-state index contributed by atoms with van der Waals surface area (Å²) in [6.07, 6.45) is 0. The number of rotatable bonds is 10. The van der Waals surface area contributed by atoms with Gasteiger partial charge < -0.3 is 20.4 Å². The summed E-state index contributed by atoms with van der Waals surface area (Å²) in [6.45, 7) is 12.2. The molecule has 0 aliphatic heterocycles. The molecule has 0 aliphatic carbocycles. The van der Waals surface area contributed by atoms with Gasteiger partial charge in [0.15, 0.2) is 0 Å². The van der Waals surface area contributed by atoms with E-state index in [0.29, 0.717) is 22.5 Å². The first-order chi connectivity index (χ1) is 16.5. The molecule has 0 aromatic heterocycles. The zero-order chi connectivity index (χ0) is 24.5. The Morgan fingerprint density at radius 2 is 0.941 bits per heavy atom. The maximum Gasteiger partial charge on any atom is 0.255 e. The van der Waals surface area contributed by atoms with Gasteiger partial charge in [0, 0.05) is 60.1 Å². The third kappa shape index (κ3) is 6.16. The molecule has 0 spiro atoms. The average Bonchev–Trinajstić information content (AvgIpc) is 2.87. The number of nitrogens with zero attached hydrogens (tertiary/aromatic N) is 2. The van der Waals surface area contributed by atoms with Crippen LogP contribution in [0, 0.1) is 0 Å². The number of benzene rings is 3. The van der Waals surface area contributed by atoms with Gasteiger partial charge >= 0.3 is 0 Å². The molecule has 0 atom stereocenters. The highest BCUT2D eigenvalue weighted by Gasteiger charge is 2.12. The first-order valence-electron chi connectivity index (χ1n) is 11.9. The molecule has 0 saturated carbocycles. The summed E-state index contributed by atoms with van der Waals surface area (Å²) in [4.78, 5) is 30.0. The van der Waals surface area contributed by atoms with Crippen LogP contribution >= 0.6 is 0 Å². The van der Waals surface area contributed by atoms with Crippen LogP contribution in [-0.4, -0.2) is 38.0 Å². The molecule has 0 saturated heterocycles. The Kier molecular flexibility index (Phi) is 8.68. The topological polar surface area (TPSA) is 64.7 Å². The molecule has 0 unspecified atom stereocenters. The van der Waals surface area contributed by atoms with Gasteiger partial charge in [-0.15, -0.1) is 0 Å². The van der Waals surface area contributed by atoms with Gasteiger partial charge in [-0.05, 0) is 94.4 Å². The molecule has 0 aliphatic rings. The summed E-state index contributed by atoms with van der Waals surface area (Å²) in [6, 6.07) is 22.3. The Morgan fingerprint density at radius 3 is 1.26 bits per heavy atom. The van der Waals surface area contributed by atoms with E-state index in [-0.39, 0.29) is 11.8 Å². The first-order valence-corrected chi connectivity index (χ1v) is 11.9. The minimum absolute atomic E-state index is 0.256. The summed E-state index contributed by atoms with van der Waals surface area (Å²) < 4.78 is 0. The molecule has 3 rings (SSSR count). The number of anilines is 4. The first kappa shape index (κ1) is 24.8. The van der Waals surface area contributed by atoms with Crippen molar-refractivity contribution in [1.82, 2.24) is 0 Å². The summed E-state index contributed by atoms with van der Waals surface area (Å²) in [5, 5.41) is 5.82. The lowest BCUT2D eigenvalue weighted by Gasteiger charge is -2.21. The van der Waals surface area contributed by atoms with Crippen LogP contribution in [0.15, 0.2) is 72.8 Å². The Bertz CT molecular complexity index is 1000. The van der Waals surface area contributed by atoms with Crippen molar-refractivity contribution >= 4 is 34.6 Å². The van der Waals surface area contributed by atoms with Gasteiger partial charge in [-0.3, -0.25) is 9.59 Å². The maximum atomic E-state index is 12.8. The van der Waals surface area contributed by atoms with Crippen molar-refractivity contribution in [2.45, 2.75) is 27.7 Å². The second-order valence-electron chi connectivity index (χ2n) is 7.93. The molecule has 2 amide bonds. The second kappa shape index (κ2) is 11.9. The average molecular weight is 459 g/mol. The zero-order valence-corrected chi connectivity index (χ0v) is 20.5. The molecule has 3 aromatic carbocycles. The van der Waals surface area contributed by atoms with Crippen molar-refractivity contribution < 1.29 is 9.59 Å². The Balaban J connectivity index is 1.65. The standard InChI is InChI=1S/C28H34N4O2/c1-5-31(6-2)25-16-12-23(13-17-25)29-27(33)21-10-9-11-22(20-21)28(34)30-24-14-18-26(19-15-24)32(7-3)8-4/h9-20H,5-8H2,1-4H3,(H,29,33)(H,30,34). The number of carbonyl (C=O) groups excluding carboxylic acids is 2. The molecule has 6 heteroatoms. The molecule has 178 valence electrons. The third-order valence-electron chi connectivity index (χ3n) is 5.89. The van der Waals surface area contributed by atoms with Crippen LogP contribution < -0.4 is 20.4 Å². The van der Waals surface area contributed by atoms with E-state index in [1.807, 2.05) is 48.5 Å². The highest BCUT2D eigenvalue weighted by atomic mass is 16.2. The minimum Gasteiger partial charge on any atom is -0.372 e. The number of hydrogen-bond acceptors (Lipinski definition) is 4. The Labute approximate surface area is 202 Å². The van der Waals surface area contributed by atoms with Gasteiger partial charge in [-0.1, -0.05) is 6.07 Å². The van der Waals surface area contributed by atoms with E-state index in [1.54, 1.807) is 24.3 Å². The van der Waals surface area contributed by atoms with E-state index in [9.17, 15) is 9.59 Å². The lowest BCUT2D eigenvalue weighted by Crippen LogP contribution is -2.21. The van der Waals surface area contributed by atoms with Crippen LogP contribution in [0.25, 0.3) is 0 Å². The maximum absolute atomic E-state index is 12.8. The van der Waals surface area contributed by atoms with Crippen molar-refractivity contribution in [2.24, 2.45) is 0 Å². The molecule has 6 nitrogen and oxygen atoms in total. The lowest BCUT2D eigenvalue weighted by atomic mass is 10.1. The van der Waals surface area contributed by atoms with Crippen LogP contribution in [0.1, 0.15) is 48.4 Å². The van der Waals surface area contributed by atoms with Crippen molar-refractivity contribution in [3.63, 3.8) is 0 Å². The third-order valence-corrected chi connectivity index (χ3v) is 5.89. The summed E-state index contributed by atoms with van der Waals surface area (Å²) in [5.74, 6) is -0.511. The van der Waals surface area contributed by atoms with E-state index >= 15 is 0 Å². The van der Waals surface area contributed by atoms with Crippen LogP contribution in [0.3, 0.4) is 0 Å². The SMILES string of the molecule is CCN(CC)c1ccc(NC(=O)c2cccc(C(=O)Nc3ccc(N(CC)CC)cc3)c2)cc1. The van der Waals surface area contributed by atoms with Gasteiger partial charge in [0.2, 0.25) is 0 Å². The number of amides is 2. The van der Waals surface area contributed by atoms with Gasteiger partial charge in [0.1, 0.15) is 0 Å². The van der Waals surface area contributed by atoms with E-state index in [2.05, 4.69) is 48.1 Å². The molecule has 2 N–H and O–H groups in total. The van der Waals surface area contributed by atoms with Crippen LogP contribution in [0.5, 0.6) is 0 Å². The molecule has 34 heavy (non-hydrogen) atoms. The summed E-state index contributed by atoms with van der Waals surface area (Å²) in [7, 11) is 0. The summed E-state index contributed by atoms with van der Waals surface area (Å²) in [5.41, 5.74) is 4.52. The van der Waals surface area contributed by atoms with Crippen molar-refractivity contribution in [3.05, 3.63) is 83.9 Å². The van der Waals surface area contributed by atoms with Gasteiger partial charge in [-0.2, -0.15) is 0 Å². The van der Waals surface area contributed by atoms with Crippen molar-refractivity contribution in [1.29, 1.82) is 0 Å². The molecule has 0 heterocycles. The number of nitrogens with one attached hydrogen (secondary N) is 2. The predicted molar refractivity (Wildman–Crippen MR) is 142 cm³/mol. The largest absolute Gasteiger partial charge is 0.372 e. The fourth-order valence-electron chi connectivity index (χ4n) is 3.90. The van der Waals surface area contributed by atoms with E-state index in [1.165, 1.54) is 0 Å². The van der Waals surface area contributed by atoms with E-state index in [0.717, 1.165) is 37.6 Å². The molecule has 0 fully saturated rings.